The molecule has 96 valence electrons. The molecule has 1 rings (SSSR count). The van der Waals surface area contributed by atoms with Gasteiger partial charge in [0.2, 0.25) is 10.0 Å². The van der Waals surface area contributed by atoms with Crippen molar-refractivity contribution in [2.24, 2.45) is 5.92 Å². The van der Waals surface area contributed by atoms with Crippen molar-refractivity contribution < 1.29 is 12.8 Å². The summed E-state index contributed by atoms with van der Waals surface area (Å²) in [6.07, 6.45) is 0. The maximum atomic E-state index is 13.0. The van der Waals surface area contributed by atoms with E-state index in [1.54, 1.807) is 6.92 Å². The zero-order valence-corrected chi connectivity index (χ0v) is 11.3. The summed E-state index contributed by atoms with van der Waals surface area (Å²) in [5.41, 5.74) is 0.512. The molecule has 0 spiro atoms. The first kappa shape index (κ1) is 14.4. The van der Waals surface area contributed by atoms with Crippen molar-refractivity contribution >= 4 is 21.6 Å². The highest BCUT2D eigenvalue weighted by Gasteiger charge is 2.18. The molecule has 6 heteroatoms. The second-order valence-corrected chi connectivity index (χ2v) is 6.07. The fraction of sp³-hybridized carbons (Fsp3) is 0.455. The summed E-state index contributed by atoms with van der Waals surface area (Å²) in [4.78, 5) is -0.0285. The number of hydrogen-bond acceptors (Lipinski definition) is 2. The topological polar surface area (TPSA) is 46.2 Å². The fourth-order valence-electron chi connectivity index (χ4n) is 1.25. The summed E-state index contributed by atoms with van der Waals surface area (Å²) in [6.45, 7) is 3.69. The number of halogens is 2. The summed E-state index contributed by atoms with van der Waals surface area (Å²) in [5.74, 6) is -0.174. The van der Waals surface area contributed by atoms with E-state index in [4.69, 9.17) is 11.6 Å². The van der Waals surface area contributed by atoms with Gasteiger partial charge in [-0.1, -0.05) is 13.0 Å². The molecule has 1 aromatic carbocycles. The van der Waals surface area contributed by atoms with Gasteiger partial charge in [0.25, 0.3) is 0 Å². The molecule has 0 bridgehead atoms. The van der Waals surface area contributed by atoms with Gasteiger partial charge in [-0.05, 0) is 30.5 Å². The molecular formula is C11H15ClFNO2S. The third kappa shape index (κ3) is 3.94. The monoisotopic (exact) mass is 279 g/mol. The third-order valence-electron chi connectivity index (χ3n) is 2.32. The van der Waals surface area contributed by atoms with E-state index in [0.717, 1.165) is 6.07 Å². The lowest BCUT2D eigenvalue weighted by Gasteiger charge is -2.11. The summed E-state index contributed by atoms with van der Waals surface area (Å²) in [7, 11) is -3.67. The second kappa shape index (κ2) is 5.80. The zero-order chi connectivity index (χ0) is 13.1. The number of benzene rings is 1. The number of sulfonamides is 1. The van der Waals surface area contributed by atoms with Gasteiger partial charge in [0.1, 0.15) is 5.82 Å². The Balaban J connectivity index is 2.93. The Morgan fingerprint density at radius 1 is 1.47 bits per heavy atom. The largest absolute Gasteiger partial charge is 0.240 e. The number of alkyl halides is 1. The van der Waals surface area contributed by atoms with Crippen LogP contribution in [0.15, 0.2) is 23.1 Å². The van der Waals surface area contributed by atoms with E-state index in [0.29, 0.717) is 11.4 Å². The molecule has 0 heterocycles. The molecule has 1 N–H and O–H groups in total. The summed E-state index contributed by atoms with van der Waals surface area (Å²) >= 11 is 5.59. The smallest absolute Gasteiger partial charge is 0.211 e. The average molecular weight is 280 g/mol. The average Bonchev–Trinajstić information content (AvgIpc) is 2.29. The quantitative estimate of drug-likeness (QED) is 0.841. The Kier molecular flexibility index (Phi) is 4.91. The lowest BCUT2D eigenvalue weighted by atomic mass is 10.2. The SMILES string of the molecule is Cc1ccc(F)cc1S(=O)(=O)NCC(C)CCl. The van der Waals surface area contributed by atoms with E-state index >= 15 is 0 Å². The van der Waals surface area contributed by atoms with Crippen LogP contribution >= 0.6 is 11.6 Å². The van der Waals surface area contributed by atoms with Crippen LogP contribution in [0.3, 0.4) is 0 Å². The predicted octanol–water partition coefficient (Wildman–Crippen LogP) is 2.29. The molecule has 0 aliphatic rings. The molecule has 1 atom stereocenters. The van der Waals surface area contributed by atoms with E-state index in [-0.39, 0.29) is 17.4 Å². The maximum Gasteiger partial charge on any atom is 0.240 e. The number of nitrogens with one attached hydrogen (secondary N) is 1. The van der Waals surface area contributed by atoms with Gasteiger partial charge in [0, 0.05) is 12.4 Å². The van der Waals surface area contributed by atoms with Crippen LogP contribution in [-0.4, -0.2) is 20.8 Å². The van der Waals surface area contributed by atoms with Crippen LogP contribution < -0.4 is 4.72 Å². The molecule has 0 fully saturated rings. The van der Waals surface area contributed by atoms with Crippen molar-refractivity contribution in [1.29, 1.82) is 0 Å². The van der Waals surface area contributed by atoms with Crippen LogP contribution in [0.4, 0.5) is 4.39 Å². The van der Waals surface area contributed by atoms with Gasteiger partial charge in [-0.2, -0.15) is 0 Å². The first-order valence-corrected chi connectivity index (χ1v) is 7.20. The Bertz CT molecular complexity index is 490. The Hall–Kier alpha value is -0.650. The Labute approximate surface area is 106 Å². The van der Waals surface area contributed by atoms with Crippen LogP contribution in [0.5, 0.6) is 0 Å². The van der Waals surface area contributed by atoms with Gasteiger partial charge in [-0.25, -0.2) is 17.5 Å². The van der Waals surface area contributed by atoms with E-state index in [1.807, 2.05) is 6.92 Å². The lowest BCUT2D eigenvalue weighted by Crippen LogP contribution is -2.29. The van der Waals surface area contributed by atoms with Crippen molar-refractivity contribution in [2.45, 2.75) is 18.7 Å². The van der Waals surface area contributed by atoms with Crippen LogP contribution in [0.1, 0.15) is 12.5 Å². The van der Waals surface area contributed by atoms with Crippen LogP contribution in [0, 0.1) is 18.7 Å². The van der Waals surface area contributed by atoms with Gasteiger partial charge >= 0.3 is 0 Å². The zero-order valence-electron chi connectivity index (χ0n) is 9.70. The normalized spacial score (nSPS) is 13.6. The van der Waals surface area contributed by atoms with E-state index in [2.05, 4.69) is 4.72 Å². The molecule has 0 saturated carbocycles. The molecule has 3 nitrogen and oxygen atoms in total. The molecule has 0 aliphatic heterocycles. The molecule has 17 heavy (non-hydrogen) atoms. The third-order valence-corrected chi connectivity index (χ3v) is 4.42. The fourth-order valence-corrected chi connectivity index (χ4v) is 2.78. The van der Waals surface area contributed by atoms with Crippen molar-refractivity contribution in [3.05, 3.63) is 29.6 Å². The number of rotatable bonds is 5. The lowest BCUT2D eigenvalue weighted by molar-refractivity contribution is 0.558. The van der Waals surface area contributed by atoms with Gasteiger partial charge in [0.15, 0.2) is 0 Å². The number of aryl methyl sites for hydroxylation is 1. The van der Waals surface area contributed by atoms with Crippen molar-refractivity contribution in [3.8, 4) is 0 Å². The Morgan fingerprint density at radius 2 is 2.12 bits per heavy atom. The van der Waals surface area contributed by atoms with E-state index < -0.39 is 15.8 Å². The predicted molar refractivity (Wildman–Crippen MR) is 66.2 cm³/mol. The molecule has 1 unspecified atom stereocenters. The molecule has 0 radical (unpaired) electrons. The molecule has 0 aliphatic carbocycles. The minimum absolute atomic E-state index is 0.0281. The second-order valence-electron chi connectivity index (χ2n) is 4.02. The van der Waals surface area contributed by atoms with Gasteiger partial charge in [-0.3, -0.25) is 0 Å². The van der Waals surface area contributed by atoms with Crippen LogP contribution in [0.2, 0.25) is 0 Å². The minimum Gasteiger partial charge on any atom is -0.211 e. The van der Waals surface area contributed by atoms with Crippen LogP contribution in [-0.2, 0) is 10.0 Å². The first-order valence-electron chi connectivity index (χ1n) is 5.18. The Morgan fingerprint density at radius 3 is 2.71 bits per heavy atom. The summed E-state index contributed by atoms with van der Waals surface area (Å²) in [5, 5.41) is 0. The van der Waals surface area contributed by atoms with E-state index in [9.17, 15) is 12.8 Å². The van der Waals surface area contributed by atoms with Gasteiger partial charge in [-0.15, -0.1) is 11.6 Å². The van der Waals surface area contributed by atoms with E-state index in [1.165, 1.54) is 12.1 Å². The van der Waals surface area contributed by atoms with Gasteiger partial charge in [0.05, 0.1) is 4.90 Å². The molecule has 0 aromatic heterocycles. The highest BCUT2D eigenvalue weighted by molar-refractivity contribution is 7.89. The van der Waals surface area contributed by atoms with Crippen molar-refractivity contribution in [3.63, 3.8) is 0 Å². The summed E-state index contributed by atoms with van der Waals surface area (Å²) < 4.78 is 39.3. The van der Waals surface area contributed by atoms with Crippen LogP contribution in [0.25, 0.3) is 0 Å². The maximum absolute atomic E-state index is 13.0. The highest BCUT2D eigenvalue weighted by Crippen LogP contribution is 2.16. The molecule has 0 amide bonds. The minimum atomic E-state index is -3.67. The molecule has 0 saturated heterocycles. The first-order chi connectivity index (χ1) is 7.86. The summed E-state index contributed by atoms with van der Waals surface area (Å²) in [6, 6.07) is 3.69. The van der Waals surface area contributed by atoms with Crippen molar-refractivity contribution in [2.75, 3.05) is 12.4 Å². The highest BCUT2D eigenvalue weighted by atomic mass is 35.5. The molecule has 1 aromatic rings. The molecular weight excluding hydrogens is 265 g/mol. The van der Waals surface area contributed by atoms with Crippen molar-refractivity contribution in [1.82, 2.24) is 4.72 Å². The standard InChI is InChI=1S/C11H15ClFNO2S/c1-8(6-12)7-14-17(15,16)11-5-10(13)4-3-9(11)2/h3-5,8,14H,6-7H2,1-2H3. The number of hydrogen-bond donors (Lipinski definition) is 1. The van der Waals surface area contributed by atoms with Gasteiger partial charge < -0.3 is 0 Å².